The van der Waals surface area contributed by atoms with Gasteiger partial charge in [0.1, 0.15) is 12.4 Å². The lowest BCUT2D eigenvalue weighted by Crippen LogP contribution is -2.38. The second-order valence-electron chi connectivity index (χ2n) is 9.52. The fourth-order valence-electron chi connectivity index (χ4n) is 4.85. The number of fused-ring (bicyclic) bond motifs is 1. The van der Waals surface area contributed by atoms with Crippen molar-refractivity contribution in [1.29, 1.82) is 0 Å². The number of hydrogen-bond acceptors (Lipinski definition) is 4. The van der Waals surface area contributed by atoms with Gasteiger partial charge in [0.15, 0.2) is 0 Å². The minimum atomic E-state index is 0.0938. The molecular formula is C27H36N2O3. The Morgan fingerprint density at radius 1 is 1.19 bits per heavy atom. The van der Waals surface area contributed by atoms with E-state index in [9.17, 15) is 4.79 Å². The molecule has 1 aromatic rings. The number of allylic oxidation sites excluding steroid dienone is 5. The number of nitrogens with one attached hydrogen (secondary N) is 1. The van der Waals surface area contributed by atoms with E-state index in [1.807, 2.05) is 0 Å². The zero-order valence-corrected chi connectivity index (χ0v) is 19.9. The molecule has 0 spiro atoms. The first-order valence-corrected chi connectivity index (χ1v) is 11.9. The van der Waals surface area contributed by atoms with Gasteiger partial charge in [0.25, 0.3) is 0 Å². The maximum absolute atomic E-state index is 11.8. The third kappa shape index (κ3) is 5.16. The molecule has 5 heteroatoms. The highest BCUT2D eigenvalue weighted by Crippen LogP contribution is 2.39. The normalized spacial score (nSPS) is 20.8. The van der Waals surface area contributed by atoms with Crippen LogP contribution in [0, 0.1) is 5.92 Å². The van der Waals surface area contributed by atoms with Crippen LogP contribution in [0.15, 0.2) is 47.2 Å². The van der Waals surface area contributed by atoms with Crippen LogP contribution in [0.5, 0.6) is 5.75 Å². The Balaban J connectivity index is 1.57. The molecule has 0 saturated carbocycles. The second kappa shape index (κ2) is 10.1. The monoisotopic (exact) mass is 436 g/mol. The topological polar surface area (TPSA) is 50.8 Å². The van der Waals surface area contributed by atoms with Crippen molar-refractivity contribution < 1.29 is 14.3 Å². The summed E-state index contributed by atoms with van der Waals surface area (Å²) in [7, 11) is 0. The van der Waals surface area contributed by atoms with Gasteiger partial charge in [-0.3, -0.25) is 9.69 Å². The molecule has 1 N–H and O–H groups in total. The first-order valence-electron chi connectivity index (χ1n) is 11.9. The summed E-state index contributed by atoms with van der Waals surface area (Å²) >= 11 is 0. The van der Waals surface area contributed by atoms with E-state index in [0.29, 0.717) is 24.9 Å². The first kappa shape index (κ1) is 22.8. The molecule has 4 rings (SSSR count). The van der Waals surface area contributed by atoms with Crippen LogP contribution in [-0.4, -0.2) is 50.3 Å². The lowest BCUT2D eigenvalue weighted by Gasteiger charge is -2.26. The van der Waals surface area contributed by atoms with Crippen LogP contribution in [-0.2, 0) is 9.53 Å². The Hall–Kier alpha value is -2.37. The van der Waals surface area contributed by atoms with E-state index < -0.39 is 0 Å². The number of benzene rings is 1. The SMILES string of the molecule is CC(C)C(=C1C=C2CC(=O)NC2=CC1)c1ccc(OCCN2CCOCC2)cc1C(C)C. The van der Waals surface area contributed by atoms with Gasteiger partial charge < -0.3 is 14.8 Å². The molecule has 1 amide bonds. The summed E-state index contributed by atoms with van der Waals surface area (Å²) in [5, 5.41) is 2.97. The Morgan fingerprint density at radius 3 is 2.69 bits per heavy atom. The Labute approximate surface area is 192 Å². The Bertz CT molecular complexity index is 950. The van der Waals surface area contributed by atoms with Gasteiger partial charge >= 0.3 is 0 Å². The fraction of sp³-hybridized carbons (Fsp3) is 0.519. The summed E-state index contributed by atoms with van der Waals surface area (Å²) in [6.07, 6.45) is 5.73. The van der Waals surface area contributed by atoms with Crippen LogP contribution in [0.2, 0.25) is 0 Å². The summed E-state index contributed by atoms with van der Waals surface area (Å²) in [5.41, 5.74) is 7.42. The van der Waals surface area contributed by atoms with Crippen molar-refractivity contribution >= 4 is 11.5 Å². The fourth-order valence-corrected chi connectivity index (χ4v) is 4.85. The predicted molar refractivity (Wildman–Crippen MR) is 129 cm³/mol. The molecule has 5 nitrogen and oxygen atoms in total. The van der Waals surface area contributed by atoms with Crippen molar-refractivity contribution in [3.8, 4) is 5.75 Å². The van der Waals surface area contributed by atoms with Gasteiger partial charge in [0.2, 0.25) is 5.91 Å². The van der Waals surface area contributed by atoms with E-state index in [1.165, 1.54) is 22.3 Å². The molecule has 0 unspecified atom stereocenters. The number of morpholine rings is 1. The van der Waals surface area contributed by atoms with Gasteiger partial charge in [-0.2, -0.15) is 0 Å². The lowest BCUT2D eigenvalue weighted by molar-refractivity contribution is -0.118. The summed E-state index contributed by atoms with van der Waals surface area (Å²) in [6, 6.07) is 6.57. The lowest BCUT2D eigenvalue weighted by atomic mass is 9.82. The Kier molecular flexibility index (Phi) is 7.17. The summed E-state index contributed by atoms with van der Waals surface area (Å²) in [5.74, 6) is 1.80. The quantitative estimate of drug-likeness (QED) is 0.675. The highest BCUT2D eigenvalue weighted by molar-refractivity contribution is 5.88. The molecule has 32 heavy (non-hydrogen) atoms. The van der Waals surface area contributed by atoms with E-state index in [2.05, 4.69) is 68.3 Å². The Morgan fingerprint density at radius 2 is 1.97 bits per heavy atom. The predicted octanol–water partition coefficient (Wildman–Crippen LogP) is 4.66. The van der Waals surface area contributed by atoms with Crippen LogP contribution in [0.4, 0.5) is 0 Å². The number of carbonyl (C=O) groups excluding carboxylic acids is 1. The third-order valence-corrected chi connectivity index (χ3v) is 6.48. The molecule has 2 heterocycles. The molecule has 1 aliphatic carbocycles. The van der Waals surface area contributed by atoms with Gasteiger partial charge in [-0.15, -0.1) is 0 Å². The molecule has 172 valence electrons. The maximum Gasteiger partial charge on any atom is 0.228 e. The van der Waals surface area contributed by atoms with Crippen molar-refractivity contribution in [1.82, 2.24) is 10.2 Å². The van der Waals surface area contributed by atoms with Crippen molar-refractivity contribution in [2.45, 2.75) is 46.5 Å². The molecule has 3 aliphatic rings. The number of rotatable bonds is 7. The van der Waals surface area contributed by atoms with Crippen LogP contribution < -0.4 is 10.1 Å². The number of amides is 1. The van der Waals surface area contributed by atoms with Crippen molar-refractivity contribution in [3.05, 3.63) is 58.3 Å². The minimum Gasteiger partial charge on any atom is -0.492 e. The minimum absolute atomic E-state index is 0.0938. The standard InChI is InChI=1S/C27H36N2O3/c1-18(2)24-17-22(32-14-11-29-9-12-31-13-10-29)6-7-23(24)27(19(3)4)20-5-8-25-21(15-20)16-26(30)28-25/h6-8,15,17-19H,5,9-14,16H2,1-4H3,(H,28,30). The van der Waals surface area contributed by atoms with Crippen LogP contribution in [0.3, 0.4) is 0 Å². The van der Waals surface area contributed by atoms with Crippen molar-refractivity contribution in [2.24, 2.45) is 5.92 Å². The van der Waals surface area contributed by atoms with Crippen molar-refractivity contribution in [3.63, 3.8) is 0 Å². The zero-order valence-electron chi connectivity index (χ0n) is 19.9. The molecule has 0 bridgehead atoms. The van der Waals surface area contributed by atoms with E-state index in [4.69, 9.17) is 9.47 Å². The molecule has 1 aromatic carbocycles. The van der Waals surface area contributed by atoms with Crippen LogP contribution in [0.1, 0.15) is 57.6 Å². The zero-order chi connectivity index (χ0) is 22.7. The van der Waals surface area contributed by atoms with E-state index in [-0.39, 0.29) is 5.91 Å². The number of ether oxygens (including phenoxy) is 2. The molecule has 2 fully saturated rings. The molecule has 0 radical (unpaired) electrons. The highest BCUT2D eigenvalue weighted by atomic mass is 16.5. The van der Waals surface area contributed by atoms with Crippen molar-refractivity contribution in [2.75, 3.05) is 39.5 Å². The van der Waals surface area contributed by atoms with Crippen LogP contribution >= 0.6 is 0 Å². The number of hydrogen-bond donors (Lipinski definition) is 1. The highest BCUT2D eigenvalue weighted by Gasteiger charge is 2.25. The second-order valence-corrected chi connectivity index (χ2v) is 9.52. The van der Waals surface area contributed by atoms with E-state index >= 15 is 0 Å². The van der Waals surface area contributed by atoms with E-state index in [0.717, 1.165) is 56.3 Å². The van der Waals surface area contributed by atoms with Gasteiger partial charge in [0, 0.05) is 25.3 Å². The van der Waals surface area contributed by atoms with Gasteiger partial charge in [-0.05, 0) is 58.2 Å². The number of nitrogens with zero attached hydrogens (tertiary/aromatic N) is 1. The molecule has 2 aliphatic heterocycles. The van der Waals surface area contributed by atoms with Gasteiger partial charge in [0.05, 0.1) is 19.6 Å². The largest absolute Gasteiger partial charge is 0.492 e. The maximum atomic E-state index is 11.8. The molecule has 0 atom stereocenters. The summed E-state index contributed by atoms with van der Waals surface area (Å²) < 4.78 is 11.6. The third-order valence-electron chi connectivity index (χ3n) is 6.48. The smallest absolute Gasteiger partial charge is 0.228 e. The van der Waals surface area contributed by atoms with E-state index in [1.54, 1.807) is 0 Å². The van der Waals surface area contributed by atoms with Gasteiger partial charge in [-0.1, -0.05) is 45.9 Å². The first-order chi connectivity index (χ1) is 15.4. The summed E-state index contributed by atoms with van der Waals surface area (Å²) in [6.45, 7) is 14.2. The summed E-state index contributed by atoms with van der Waals surface area (Å²) in [4.78, 5) is 14.2. The number of carbonyl (C=O) groups is 1. The molecular weight excluding hydrogens is 400 g/mol. The van der Waals surface area contributed by atoms with Crippen LogP contribution in [0.25, 0.3) is 5.57 Å². The average Bonchev–Trinajstić information content (AvgIpc) is 3.14. The van der Waals surface area contributed by atoms with Gasteiger partial charge in [-0.25, -0.2) is 0 Å². The molecule has 0 aromatic heterocycles. The molecule has 2 saturated heterocycles. The average molecular weight is 437 g/mol.